The number of thiophene rings is 1. The van der Waals surface area contributed by atoms with Gasteiger partial charge in [0.25, 0.3) is 0 Å². The number of hydrogen-bond acceptors (Lipinski definition) is 1. The Morgan fingerprint density at radius 3 is 2.35 bits per heavy atom. The Morgan fingerprint density at radius 1 is 0.765 bits per heavy atom. The number of aromatic amines is 1. The first kappa shape index (κ1) is 32.1. The van der Waals surface area contributed by atoms with Crippen molar-refractivity contribution >= 4 is 66.3 Å². The summed E-state index contributed by atoms with van der Waals surface area (Å²) in [7, 11) is 0.878. The maximum Gasteiger partial charge on any atom is 0.193 e. The largest absolute Gasteiger partial charge is 0.353 e. The average molecular weight is 678 g/mol. The second-order valence-electron chi connectivity index (χ2n) is 15.4. The van der Waals surface area contributed by atoms with E-state index < -0.39 is 0 Å². The van der Waals surface area contributed by atoms with Gasteiger partial charge in [0, 0.05) is 26.5 Å². The zero-order valence-corrected chi connectivity index (χ0v) is 31.7. The zero-order valence-electron chi connectivity index (χ0n) is 30.8. The Labute approximate surface area is 306 Å². The molecule has 51 heavy (non-hydrogen) atoms. The van der Waals surface area contributed by atoms with E-state index in [2.05, 4.69) is 157 Å². The van der Waals surface area contributed by atoms with Gasteiger partial charge in [0.2, 0.25) is 0 Å². The molecule has 0 spiro atoms. The molecule has 0 saturated carbocycles. The fourth-order valence-corrected chi connectivity index (χ4v) is 10.5. The van der Waals surface area contributed by atoms with Crippen LogP contribution in [0.3, 0.4) is 0 Å². The van der Waals surface area contributed by atoms with Gasteiger partial charge in [-0.1, -0.05) is 133 Å². The molecule has 0 atom stereocenters. The van der Waals surface area contributed by atoms with E-state index >= 15 is 0 Å². The Morgan fingerprint density at radius 2 is 1.51 bits per heavy atom. The van der Waals surface area contributed by atoms with Crippen LogP contribution in [0, 0.1) is 13.8 Å². The van der Waals surface area contributed by atoms with Gasteiger partial charge in [-0.15, -0.1) is 11.3 Å². The number of fused-ring (bicyclic) bond motifs is 8. The van der Waals surface area contributed by atoms with Crippen molar-refractivity contribution in [1.82, 2.24) is 4.98 Å². The summed E-state index contributed by atoms with van der Waals surface area (Å²) >= 11 is 1.90. The van der Waals surface area contributed by atoms with E-state index in [4.69, 9.17) is 0 Å². The average Bonchev–Trinajstić information content (AvgIpc) is 3.75. The molecule has 9 rings (SSSR count). The fraction of sp³-hybridized carbons (Fsp3) is 0.208. The Bertz CT molecular complexity index is 2690. The van der Waals surface area contributed by atoms with Crippen LogP contribution in [0.5, 0.6) is 0 Å². The molecule has 250 valence electrons. The zero-order chi connectivity index (χ0) is 35.2. The normalized spacial score (nSPS) is 15.5. The number of nitrogens with one attached hydrogen (secondary N) is 1. The number of benzene rings is 5. The number of allylic oxidation sites excluding steroid dienone is 6. The topological polar surface area (TPSA) is 15.8 Å². The Hall–Kier alpha value is -4.86. The van der Waals surface area contributed by atoms with Crippen LogP contribution in [-0.4, -0.2) is 12.3 Å². The molecule has 0 radical (unpaired) electrons. The van der Waals surface area contributed by atoms with E-state index in [1.54, 1.807) is 0 Å². The lowest BCUT2D eigenvalue weighted by Crippen LogP contribution is -2.35. The molecule has 1 nitrogen and oxygen atoms in total. The SMILES string of the molecule is CC1=C(/C(C)=C(\C)c2cccc(Bc3c(C)cc4c(c3-c3cccc5c3[nH]c3c6ccccc6sc53)C(C)(C)c3ccccc3-4)c2C)C=CCC1. The van der Waals surface area contributed by atoms with Crippen LogP contribution < -0.4 is 10.9 Å². The number of aryl methyl sites for hydroxylation is 1. The molecule has 0 aliphatic heterocycles. The molecule has 2 aliphatic carbocycles. The van der Waals surface area contributed by atoms with E-state index in [0.717, 1.165) is 20.1 Å². The summed E-state index contributed by atoms with van der Waals surface area (Å²) in [6.45, 7) is 16.5. The molecule has 7 aromatic rings. The highest BCUT2D eigenvalue weighted by Crippen LogP contribution is 2.53. The maximum absolute atomic E-state index is 4.00. The summed E-state index contributed by atoms with van der Waals surface area (Å²) in [4.78, 5) is 4.00. The Kier molecular flexibility index (Phi) is 7.46. The first-order valence-electron chi connectivity index (χ1n) is 18.5. The predicted molar refractivity (Wildman–Crippen MR) is 226 cm³/mol. The highest BCUT2D eigenvalue weighted by molar-refractivity contribution is 7.26. The van der Waals surface area contributed by atoms with Crippen molar-refractivity contribution in [3.63, 3.8) is 0 Å². The summed E-state index contributed by atoms with van der Waals surface area (Å²) < 4.78 is 2.68. The monoisotopic (exact) mass is 677 g/mol. The van der Waals surface area contributed by atoms with Gasteiger partial charge in [-0.3, -0.25) is 0 Å². The van der Waals surface area contributed by atoms with Crippen molar-refractivity contribution in [2.75, 3.05) is 0 Å². The summed E-state index contributed by atoms with van der Waals surface area (Å²) in [6, 6.07) is 34.3. The second kappa shape index (κ2) is 11.9. The number of hydrogen-bond donors (Lipinski definition) is 1. The molecule has 0 bridgehead atoms. The summed E-state index contributed by atoms with van der Waals surface area (Å²) in [5.74, 6) is 0. The van der Waals surface area contributed by atoms with Crippen molar-refractivity contribution in [2.24, 2.45) is 0 Å². The van der Waals surface area contributed by atoms with Crippen LogP contribution in [-0.2, 0) is 5.41 Å². The number of H-pyrrole nitrogens is 1. The van der Waals surface area contributed by atoms with E-state index in [1.807, 2.05) is 11.3 Å². The van der Waals surface area contributed by atoms with Gasteiger partial charge >= 0.3 is 0 Å². The first-order chi connectivity index (χ1) is 24.6. The molecule has 0 saturated heterocycles. The van der Waals surface area contributed by atoms with Crippen LogP contribution in [0.2, 0.25) is 0 Å². The summed E-state index contributed by atoms with van der Waals surface area (Å²) in [5.41, 5.74) is 23.3. The van der Waals surface area contributed by atoms with Gasteiger partial charge < -0.3 is 4.98 Å². The van der Waals surface area contributed by atoms with Gasteiger partial charge in [0.1, 0.15) is 0 Å². The molecule has 2 aliphatic rings. The van der Waals surface area contributed by atoms with Gasteiger partial charge in [0.15, 0.2) is 7.28 Å². The molecule has 1 N–H and O–H groups in total. The van der Waals surface area contributed by atoms with Gasteiger partial charge in [-0.2, -0.15) is 0 Å². The minimum Gasteiger partial charge on any atom is -0.353 e. The van der Waals surface area contributed by atoms with Crippen molar-refractivity contribution in [2.45, 2.75) is 66.7 Å². The molecule has 5 aromatic carbocycles. The van der Waals surface area contributed by atoms with Crippen LogP contribution in [0.1, 0.15) is 75.3 Å². The molecule has 3 heteroatoms. The van der Waals surface area contributed by atoms with Crippen LogP contribution in [0.25, 0.3) is 59.0 Å². The third-order valence-corrected chi connectivity index (χ3v) is 13.4. The lowest BCUT2D eigenvalue weighted by Gasteiger charge is -2.28. The van der Waals surface area contributed by atoms with Crippen LogP contribution in [0.15, 0.2) is 120 Å². The van der Waals surface area contributed by atoms with Crippen molar-refractivity contribution < 1.29 is 0 Å². The van der Waals surface area contributed by atoms with Crippen molar-refractivity contribution in [1.29, 1.82) is 0 Å². The van der Waals surface area contributed by atoms with Gasteiger partial charge in [-0.05, 0) is 109 Å². The number of rotatable bonds is 5. The molecule has 2 aromatic heterocycles. The van der Waals surface area contributed by atoms with Crippen molar-refractivity contribution in [3.8, 4) is 22.3 Å². The van der Waals surface area contributed by atoms with Gasteiger partial charge in [-0.25, -0.2) is 0 Å². The highest BCUT2D eigenvalue weighted by atomic mass is 32.1. The highest BCUT2D eigenvalue weighted by Gasteiger charge is 2.39. The fourth-order valence-electron chi connectivity index (χ4n) is 9.31. The molecule has 0 amide bonds. The van der Waals surface area contributed by atoms with Crippen LogP contribution in [0.4, 0.5) is 0 Å². The molecular formula is C48H44BNS. The Balaban J connectivity index is 1.29. The summed E-state index contributed by atoms with van der Waals surface area (Å²) in [5, 5.41) is 2.62. The summed E-state index contributed by atoms with van der Waals surface area (Å²) in [6.07, 6.45) is 6.96. The second-order valence-corrected chi connectivity index (χ2v) is 16.5. The molecule has 0 fully saturated rings. The van der Waals surface area contributed by atoms with E-state index in [1.165, 1.54) is 114 Å². The standard InChI is InChI=1S/C48H44BNS/c1-27-16-8-9-17-32(27)29(3)30(4)33-20-15-24-40(31(33)5)49-44-28(2)26-38-34-18-10-12-23-39(34)48(6,7)43(38)42(44)36-21-14-22-37-45(36)50-46-35-19-11-13-25-41(35)51-47(37)46/h9-15,17-26,49-50H,8,16H2,1-7H3/b30-29+. The quantitative estimate of drug-likeness (QED) is 0.175. The lowest BCUT2D eigenvalue weighted by atomic mass is 9.57. The minimum absolute atomic E-state index is 0.144. The number of aromatic nitrogens is 1. The minimum atomic E-state index is -0.144. The van der Waals surface area contributed by atoms with E-state index in [-0.39, 0.29) is 5.41 Å². The van der Waals surface area contributed by atoms with E-state index in [0.29, 0.717) is 0 Å². The lowest BCUT2D eigenvalue weighted by molar-refractivity contribution is 0.662. The van der Waals surface area contributed by atoms with Crippen LogP contribution >= 0.6 is 11.3 Å². The third kappa shape index (κ3) is 4.81. The molecular weight excluding hydrogens is 633 g/mol. The van der Waals surface area contributed by atoms with Crippen molar-refractivity contribution in [3.05, 3.63) is 148 Å². The smallest absolute Gasteiger partial charge is 0.193 e. The van der Waals surface area contributed by atoms with E-state index in [9.17, 15) is 0 Å². The number of para-hydroxylation sites is 1. The third-order valence-electron chi connectivity index (χ3n) is 12.2. The molecule has 2 heterocycles. The first-order valence-corrected chi connectivity index (χ1v) is 19.3. The van der Waals surface area contributed by atoms with Gasteiger partial charge in [0.05, 0.1) is 15.7 Å². The molecule has 0 unspecified atom stereocenters. The maximum atomic E-state index is 4.00. The predicted octanol–water partition coefficient (Wildman–Crippen LogP) is 12.0.